The average molecular weight is 757 g/mol. The van der Waals surface area contributed by atoms with Gasteiger partial charge in [0, 0.05) is 12.3 Å². The molecule has 14 heteroatoms. The molecule has 1 spiro atoms. The minimum atomic E-state index is -1.74. The van der Waals surface area contributed by atoms with Crippen molar-refractivity contribution < 1.29 is 69.3 Å². The van der Waals surface area contributed by atoms with E-state index in [9.17, 15) is 40.9 Å². The van der Waals surface area contributed by atoms with Gasteiger partial charge in [-0.3, -0.25) is 0 Å². The Kier molecular flexibility index (Phi) is 10.6. The number of rotatable bonds is 6. The van der Waals surface area contributed by atoms with Gasteiger partial charge in [-0.05, 0) is 97.7 Å². The predicted molar refractivity (Wildman–Crippen MR) is 184 cm³/mol. The van der Waals surface area contributed by atoms with E-state index in [2.05, 4.69) is 27.7 Å². The molecule has 0 aromatic heterocycles. The smallest absolute Gasteiger partial charge is 0.187 e. The maximum absolute atomic E-state index is 12.0. The van der Waals surface area contributed by atoms with Gasteiger partial charge in [0.15, 0.2) is 18.4 Å². The van der Waals surface area contributed by atoms with Gasteiger partial charge >= 0.3 is 0 Å². The van der Waals surface area contributed by atoms with Crippen molar-refractivity contribution in [2.24, 2.45) is 52.3 Å². The fourth-order valence-corrected chi connectivity index (χ4v) is 13.2. The van der Waals surface area contributed by atoms with Crippen LogP contribution >= 0.6 is 0 Å². The zero-order valence-electron chi connectivity index (χ0n) is 31.6. The van der Waals surface area contributed by atoms with E-state index < -0.39 is 92.6 Å². The molecule has 53 heavy (non-hydrogen) atoms. The van der Waals surface area contributed by atoms with Gasteiger partial charge in [0.2, 0.25) is 0 Å². The molecule has 8 rings (SSSR count). The van der Waals surface area contributed by atoms with Crippen LogP contribution in [-0.4, -0.2) is 146 Å². The fraction of sp³-hybridized carbons (Fsp3) is 1.00. The first-order valence-electron chi connectivity index (χ1n) is 20.4. The third-order valence-corrected chi connectivity index (χ3v) is 16.2. The molecule has 8 aliphatic rings. The Morgan fingerprint density at radius 2 is 1.34 bits per heavy atom. The van der Waals surface area contributed by atoms with E-state index in [1.165, 1.54) is 0 Å². The van der Waals surface area contributed by atoms with Crippen molar-refractivity contribution in [1.29, 1.82) is 0 Å². The Bertz CT molecular complexity index is 1300. The monoisotopic (exact) mass is 756 g/mol. The van der Waals surface area contributed by atoms with Gasteiger partial charge < -0.3 is 69.3 Å². The standard InChI is InChI=1S/C39H64O14/c1-17-5-10-39(48-16-17)18(2)28-25(53-39)13-22-20-12-24(42)23-11-19(6-8-37(23,3)21(20)7-9-38(22,28)4)49-36-34(32(46)30(44)27(15-41)51-36)52-35-33(47)31(45)29(43)26(14-40)50-35/h17-36,40-47H,5-16H2,1-4H3/t17?,18-,19-,20+,21-,22-,23?,24-,25-,26+,27+,28-,29-,30+,31-,32-,33+,34+,35-,36+,37+,38-,39+/m0/s1. The lowest BCUT2D eigenvalue weighted by atomic mass is 9.43. The van der Waals surface area contributed by atoms with Crippen molar-refractivity contribution in [3.63, 3.8) is 0 Å². The van der Waals surface area contributed by atoms with E-state index in [0.717, 1.165) is 51.6 Å². The van der Waals surface area contributed by atoms with Gasteiger partial charge in [-0.15, -0.1) is 0 Å². The number of hydrogen-bond acceptors (Lipinski definition) is 14. The van der Waals surface area contributed by atoms with Crippen LogP contribution in [0, 0.1) is 52.3 Å². The number of ether oxygens (including phenoxy) is 6. The van der Waals surface area contributed by atoms with E-state index in [1.54, 1.807) is 0 Å². The third kappa shape index (κ3) is 6.20. The Balaban J connectivity index is 0.961. The minimum absolute atomic E-state index is 0.0404. The lowest BCUT2D eigenvalue weighted by Gasteiger charge is -2.62. The maximum Gasteiger partial charge on any atom is 0.187 e. The van der Waals surface area contributed by atoms with E-state index in [1.807, 2.05) is 0 Å². The summed E-state index contributed by atoms with van der Waals surface area (Å²) >= 11 is 0. The van der Waals surface area contributed by atoms with Crippen LogP contribution < -0.4 is 0 Å². The molecule has 4 aliphatic heterocycles. The SMILES string of the molecule is CC1CC[C@@]2(OC1)O[C@H]1C[C@H]3[C@@H]4C[C@H](O)C5C[C@@H](O[C@@H]6O[C@H](CO)[C@@H](O)[C@H](O)[C@H]6O[C@@H]6O[C@H](CO)[C@H](O)[C@H](O)[C@H]6O)CC[C@]5(C)[C@H]4CC[C@]3(C)[C@H]1[C@@H]2C. The molecule has 0 aromatic rings. The van der Waals surface area contributed by atoms with Gasteiger partial charge in [0.25, 0.3) is 0 Å². The molecule has 2 unspecified atom stereocenters. The van der Waals surface area contributed by atoms with Gasteiger partial charge in [-0.25, -0.2) is 0 Å². The Labute approximate surface area is 312 Å². The first kappa shape index (κ1) is 39.3. The molecule has 0 radical (unpaired) electrons. The summed E-state index contributed by atoms with van der Waals surface area (Å²) in [6.45, 7) is 8.93. The van der Waals surface area contributed by atoms with Gasteiger partial charge in [-0.1, -0.05) is 27.7 Å². The quantitative estimate of drug-likeness (QED) is 0.173. The lowest BCUT2D eigenvalue weighted by Crippen LogP contribution is -2.65. The Morgan fingerprint density at radius 3 is 2.02 bits per heavy atom. The second-order valence-electron chi connectivity index (χ2n) is 18.8. The van der Waals surface area contributed by atoms with E-state index in [4.69, 9.17) is 28.4 Å². The highest BCUT2D eigenvalue weighted by atomic mass is 16.8. The molecule has 0 amide bonds. The lowest BCUT2D eigenvalue weighted by molar-refractivity contribution is -0.373. The van der Waals surface area contributed by atoms with Crippen LogP contribution in [0.5, 0.6) is 0 Å². The van der Waals surface area contributed by atoms with Crippen molar-refractivity contribution in [3.8, 4) is 0 Å². The molecular formula is C39H64O14. The Morgan fingerprint density at radius 1 is 0.660 bits per heavy atom. The molecule has 4 saturated heterocycles. The normalized spacial score (nSPS) is 59.5. The summed E-state index contributed by atoms with van der Waals surface area (Å²) < 4.78 is 37.3. The molecule has 304 valence electrons. The molecule has 8 N–H and O–H groups in total. The predicted octanol–water partition coefficient (Wildman–Crippen LogP) is 0.413. The number of hydrogen-bond donors (Lipinski definition) is 8. The average Bonchev–Trinajstić information content (AvgIpc) is 3.58. The topological polar surface area (TPSA) is 217 Å². The van der Waals surface area contributed by atoms with Crippen LogP contribution in [0.25, 0.3) is 0 Å². The van der Waals surface area contributed by atoms with Gasteiger partial charge in [0.05, 0.1) is 38.1 Å². The van der Waals surface area contributed by atoms with Gasteiger partial charge in [-0.2, -0.15) is 0 Å². The van der Waals surface area contributed by atoms with E-state index in [0.29, 0.717) is 48.3 Å². The molecule has 23 atom stereocenters. The minimum Gasteiger partial charge on any atom is -0.394 e. The summed E-state index contributed by atoms with van der Waals surface area (Å²) in [6.07, 6.45) is -7.68. The van der Waals surface area contributed by atoms with E-state index >= 15 is 0 Å². The first-order valence-corrected chi connectivity index (χ1v) is 20.4. The van der Waals surface area contributed by atoms with Crippen molar-refractivity contribution in [1.82, 2.24) is 0 Å². The summed E-state index contributed by atoms with van der Waals surface area (Å²) in [5.74, 6) is 2.16. The molecule has 4 aliphatic carbocycles. The summed E-state index contributed by atoms with van der Waals surface area (Å²) in [4.78, 5) is 0. The molecular weight excluding hydrogens is 692 g/mol. The molecule has 4 heterocycles. The highest BCUT2D eigenvalue weighted by molar-refractivity contribution is 5.16. The highest BCUT2D eigenvalue weighted by Gasteiger charge is 2.70. The number of aliphatic hydroxyl groups is 8. The summed E-state index contributed by atoms with van der Waals surface area (Å²) in [5.41, 5.74) is 0.0217. The van der Waals surface area contributed by atoms with Crippen molar-refractivity contribution in [3.05, 3.63) is 0 Å². The van der Waals surface area contributed by atoms with Crippen LogP contribution in [0.1, 0.15) is 85.5 Å². The fourth-order valence-electron chi connectivity index (χ4n) is 13.2. The van der Waals surface area contributed by atoms with Crippen LogP contribution in [0.15, 0.2) is 0 Å². The number of fused-ring (bicyclic) bond motifs is 7. The largest absolute Gasteiger partial charge is 0.394 e. The van der Waals surface area contributed by atoms with Crippen LogP contribution in [0.3, 0.4) is 0 Å². The third-order valence-electron chi connectivity index (χ3n) is 16.2. The van der Waals surface area contributed by atoms with Crippen molar-refractivity contribution in [2.45, 2.75) is 171 Å². The second kappa shape index (κ2) is 14.4. The Hall–Kier alpha value is -0.560. The van der Waals surface area contributed by atoms with Crippen LogP contribution in [-0.2, 0) is 28.4 Å². The van der Waals surface area contributed by atoms with Gasteiger partial charge in [0.1, 0.15) is 48.8 Å². The molecule has 0 bridgehead atoms. The molecule has 4 saturated carbocycles. The zero-order chi connectivity index (χ0) is 37.8. The first-order chi connectivity index (χ1) is 25.2. The summed E-state index contributed by atoms with van der Waals surface area (Å²) in [5, 5.41) is 84.7. The van der Waals surface area contributed by atoms with Crippen LogP contribution in [0.4, 0.5) is 0 Å². The molecule has 0 aromatic carbocycles. The summed E-state index contributed by atoms with van der Waals surface area (Å²) in [6, 6.07) is 0. The number of aliphatic hydroxyl groups excluding tert-OH is 8. The van der Waals surface area contributed by atoms with E-state index in [-0.39, 0.29) is 22.9 Å². The second-order valence-corrected chi connectivity index (χ2v) is 18.8. The molecule has 14 nitrogen and oxygen atoms in total. The van der Waals surface area contributed by atoms with Crippen molar-refractivity contribution in [2.75, 3.05) is 19.8 Å². The van der Waals surface area contributed by atoms with Crippen molar-refractivity contribution >= 4 is 0 Å². The van der Waals surface area contributed by atoms with Crippen LogP contribution in [0.2, 0.25) is 0 Å². The maximum atomic E-state index is 12.0. The zero-order valence-corrected chi connectivity index (χ0v) is 31.6. The highest BCUT2D eigenvalue weighted by Crippen LogP contribution is 2.71. The molecule has 8 fully saturated rings. The summed E-state index contributed by atoms with van der Waals surface area (Å²) in [7, 11) is 0.